The quantitative estimate of drug-likeness (QED) is 0.914. The Balaban J connectivity index is 2.40. The molecule has 0 bridgehead atoms. The van der Waals surface area contributed by atoms with E-state index in [9.17, 15) is 0 Å². The number of benzene rings is 2. The van der Waals surface area contributed by atoms with E-state index in [0.29, 0.717) is 6.54 Å². The summed E-state index contributed by atoms with van der Waals surface area (Å²) < 4.78 is 1.07. The van der Waals surface area contributed by atoms with Crippen LogP contribution in [-0.2, 0) is 6.54 Å². The monoisotopic (exact) mass is 318 g/mol. The van der Waals surface area contributed by atoms with Crippen molar-refractivity contribution in [2.75, 3.05) is 11.9 Å². The number of nitrogens with zero attached hydrogens (tertiary/aromatic N) is 1. The number of halogens is 1. The van der Waals surface area contributed by atoms with Crippen LogP contribution in [0.1, 0.15) is 16.7 Å². The van der Waals surface area contributed by atoms with E-state index >= 15 is 0 Å². The van der Waals surface area contributed by atoms with Gasteiger partial charge in [-0.15, -0.1) is 0 Å². The standard InChI is InChI=1S/C16H19BrN2/c1-11-6-12(2)8-14(7-11)19(3)16-5-4-13(10-18)9-15(16)17/h4-9H,10,18H2,1-3H3. The molecule has 0 spiro atoms. The summed E-state index contributed by atoms with van der Waals surface area (Å²) in [6.45, 7) is 4.81. The Morgan fingerprint density at radius 1 is 1.05 bits per heavy atom. The van der Waals surface area contributed by atoms with Gasteiger partial charge in [0.25, 0.3) is 0 Å². The first-order chi connectivity index (χ1) is 9.01. The lowest BCUT2D eigenvalue weighted by atomic mass is 10.1. The summed E-state index contributed by atoms with van der Waals surface area (Å²) >= 11 is 3.63. The Labute approximate surface area is 123 Å². The van der Waals surface area contributed by atoms with Crippen LogP contribution < -0.4 is 10.6 Å². The second-order valence-electron chi connectivity index (χ2n) is 4.89. The molecule has 0 aliphatic heterocycles. The normalized spacial score (nSPS) is 10.6. The molecule has 3 heteroatoms. The van der Waals surface area contributed by atoms with Crippen LogP contribution in [0, 0.1) is 13.8 Å². The van der Waals surface area contributed by atoms with Crippen molar-refractivity contribution in [2.24, 2.45) is 5.73 Å². The van der Waals surface area contributed by atoms with Gasteiger partial charge in [-0.05, 0) is 70.7 Å². The topological polar surface area (TPSA) is 29.3 Å². The molecule has 0 heterocycles. The summed E-state index contributed by atoms with van der Waals surface area (Å²) in [4.78, 5) is 2.18. The minimum atomic E-state index is 0.562. The van der Waals surface area contributed by atoms with Crippen LogP contribution in [0.4, 0.5) is 11.4 Å². The first kappa shape index (κ1) is 14.1. The maximum Gasteiger partial charge on any atom is 0.0552 e. The van der Waals surface area contributed by atoms with E-state index in [-0.39, 0.29) is 0 Å². The average molecular weight is 319 g/mol. The Kier molecular flexibility index (Phi) is 4.27. The Morgan fingerprint density at radius 2 is 1.68 bits per heavy atom. The summed E-state index contributed by atoms with van der Waals surface area (Å²) in [5.41, 5.74) is 11.7. The predicted molar refractivity (Wildman–Crippen MR) is 86.0 cm³/mol. The van der Waals surface area contributed by atoms with E-state index in [2.05, 4.69) is 78.1 Å². The highest BCUT2D eigenvalue weighted by Gasteiger charge is 2.09. The molecule has 0 aliphatic rings. The molecular weight excluding hydrogens is 300 g/mol. The molecule has 2 nitrogen and oxygen atoms in total. The first-order valence-corrected chi connectivity index (χ1v) is 7.11. The van der Waals surface area contributed by atoms with E-state index in [1.807, 2.05) is 0 Å². The molecule has 2 rings (SSSR count). The number of hydrogen-bond acceptors (Lipinski definition) is 2. The molecule has 100 valence electrons. The summed E-state index contributed by atoms with van der Waals surface area (Å²) in [5.74, 6) is 0. The Bertz CT molecular complexity index is 573. The lowest BCUT2D eigenvalue weighted by Crippen LogP contribution is -2.11. The molecule has 0 saturated heterocycles. The summed E-state index contributed by atoms with van der Waals surface area (Å²) in [7, 11) is 2.08. The van der Waals surface area contributed by atoms with Gasteiger partial charge in [0.15, 0.2) is 0 Å². The van der Waals surface area contributed by atoms with Gasteiger partial charge >= 0.3 is 0 Å². The summed E-state index contributed by atoms with van der Waals surface area (Å²) in [6.07, 6.45) is 0. The first-order valence-electron chi connectivity index (χ1n) is 6.32. The average Bonchev–Trinajstić information content (AvgIpc) is 2.36. The van der Waals surface area contributed by atoms with Crippen molar-refractivity contribution < 1.29 is 0 Å². The molecule has 0 radical (unpaired) electrons. The number of rotatable bonds is 3. The van der Waals surface area contributed by atoms with Gasteiger partial charge < -0.3 is 10.6 Å². The molecule has 0 saturated carbocycles. The lowest BCUT2D eigenvalue weighted by molar-refractivity contribution is 1.06. The third-order valence-electron chi connectivity index (χ3n) is 3.20. The minimum Gasteiger partial charge on any atom is -0.344 e. The second kappa shape index (κ2) is 5.76. The third kappa shape index (κ3) is 3.17. The maximum absolute atomic E-state index is 5.66. The van der Waals surface area contributed by atoms with Crippen molar-refractivity contribution >= 4 is 27.3 Å². The third-order valence-corrected chi connectivity index (χ3v) is 3.84. The fraction of sp³-hybridized carbons (Fsp3) is 0.250. The van der Waals surface area contributed by atoms with Gasteiger partial charge in [-0.25, -0.2) is 0 Å². The number of nitrogens with two attached hydrogens (primary N) is 1. The van der Waals surface area contributed by atoms with Crippen molar-refractivity contribution in [3.63, 3.8) is 0 Å². The van der Waals surface area contributed by atoms with Crippen LogP contribution in [0.25, 0.3) is 0 Å². The molecule has 0 amide bonds. The van der Waals surface area contributed by atoms with Crippen LogP contribution >= 0.6 is 15.9 Å². The van der Waals surface area contributed by atoms with Gasteiger partial charge in [0, 0.05) is 23.8 Å². The van der Waals surface area contributed by atoms with Crippen molar-refractivity contribution in [2.45, 2.75) is 20.4 Å². The van der Waals surface area contributed by atoms with Gasteiger partial charge in [0.1, 0.15) is 0 Å². The van der Waals surface area contributed by atoms with Crippen LogP contribution in [0.5, 0.6) is 0 Å². The number of hydrogen-bond donors (Lipinski definition) is 1. The van der Waals surface area contributed by atoms with Gasteiger partial charge in [-0.2, -0.15) is 0 Å². The van der Waals surface area contributed by atoms with Crippen LogP contribution in [0.3, 0.4) is 0 Å². The fourth-order valence-electron chi connectivity index (χ4n) is 2.23. The molecule has 0 aromatic heterocycles. The minimum absolute atomic E-state index is 0.562. The van der Waals surface area contributed by atoms with E-state index < -0.39 is 0 Å². The van der Waals surface area contributed by atoms with Gasteiger partial charge in [0.2, 0.25) is 0 Å². The maximum atomic E-state index is 5.66. The van der Waals surface area contributed by atoms with Crippen LogP contribution in [0.15, 0.2) is 40.9 Å². The largest absolute Gasteiger partial charge is 0.344 e. The Hall–Kier alpha value is -1.32. The molecule has 19 heavy (non-hydrogen) atoms. The summed E-state index contributed by atoms with van der Waals surface area (Å²) in [5, 5.41) is 0. The summed E-state index contributed by atoms with van der Waals surface area (Å²) in [6, 6.07) is 12.8. The van der Waals surface area contributed by atoms with E-state index in [1.165, 1.54) is 16.8 Å². The van der Waals surface area contributed by atoms with E-state index in [1.54, 1.807) is 0 Å². The molecule has 2 N–H and O–H groups in total. The zero-order valence-corrected chi connectivity index (χ0v) is 13.2. The van der Waals surface area contributed by atoms with Crippen LogP contribution in [0.2, 0.25) is 0 Å². The predicted octanol–water partition coefficient (Wildman–Crippen LogP) is 4.29. The van der Waals surface area contributed by atoms with E-state index in [4.69, 9.17) is 5.73 Å². The van der Waals surface area contributed by atoms with E-state index in [0.717, 1.165) is 15.7 Å². The molecule has 0 atom stereocenters. The Morgan fingerprint density at radius 3 is 2.21 bits per heavy atom. The molecule has 0 fully saturated rings. The fourth-order valence-corrected chi connectivity index (χ4v) is 2.92. The molecular formula is C16H19BrN2. The molecule has 0 unspecified atom stereocenters. The molecule has 2 aromatic rings. The zero-order valence-electron chi connectivity index (χ0n) is 11.6. The number of anilines is 2. The van der Waals surface area contributed by atoms with Crippen molar-refractivity contribution in [1.82, 2.24) is 0 Å². The highest BCUT2D eigenvalue weighted by atomic mass is 79.9. The van der Waals surface area contributed by atoms with Crippen molar-refractivity contribution in [3.8, 4) is 0 Å². The molecule has 2 aromatic carbocycles. The highest BCUT2D eigenvalue weighted by molar-refractivity contribution is 9.10. The van der Waals surface area contributed by atoms with Gasteiger partial charge in [-0.1, -0.05) is 12.1 Å². The SMILES string of the molecule is Cc1cc(C)cc(N(C)c2ccc(CN)cc2Br)c1. The van der Waals surface area contributed by atoms with Crippen molar-refractivity contribution in [1.29, 1.82) is 0 Å². The van der Waals surface area contributed by atoms with Gasteiger partial charge in [0.05, 0.1) is 5.69 Å². The zero-order chi connectivity index (χ0) is 14.0. The smallest absolute Gasteiger partial charge is 0.0552 e. The lowest BCUT2D eigenvalue weighted by Gasteiger charge is -2.22. The molecule has 0 aliphatic carbocycles. The number of aryl methyl sites for hydroxylation is 2. The second-order valence-corrected chi connectivity index (χ2v) is 5.75. The van der Waals surface area contributed by atoms with Crippen molar-refractivity contribution in [3.05, 3.63) is 57.6 Å². The highest BCUT2D eigenvalue weighted by Crippen LogP contribution is 2.32. The van der Waals surface area contributed by atoms with Crippen LogP contribution in [-0.4, -0.2) is 7.05 Å². The van der Waals surface area contributed by atoms with Gasteiger partial charge in [-0.3, -0.25) is 0 Å².